The van der Waals surface area contributed by atoms with Gasteiger partial charge in [-0.15, -0.1) is 0 Å². The first-order valence-electron chi connectivity index (χ1n) is 10.6. The number of hydrogen-bond acceptors (Lipinski definition) is 3. The first-order chi connectivity index (χ1) is 14.6. The first-order valence-corrected chi connectivity index (χ1v) is 10.6. The normalized spacial score (nSPS) is 22.0. The Labute approximate surface area is 176 Å². The van der Waals surface area contributed by atoms with Gasteiger partial charge in [0.25, 0.3) is 5.91 Å². The summed E-state index contributed by atoms with van der Waals surface area (Å²) in [5, 5.41) is 2.92. The number of urea groups is 1. The molecule has 2 aromatic carbocycles. The van der Waals surface area contributed by atoms with Gasteiger partial charge >= 0.3 is 6.03 Å². The summed E-state index contributed by atoms with van der Waals surface area (Å²) in [4.78, 5) is 42.2. The number of nitrogens with one attached hydrogen (secondary N) is 1. The van der Waals surface area contributed by atoms with Crippen LogP contribution in [0.1, 0.15) is 36.8 Å². The van der Waals surface area contributed by atoms with Crippen LogP contribution in [0.15, 0.2) is 60.7 Å². The third-order valence-electron chi connectivity index (χ3n) is 6.01. The van der Waals surface area contributed by atoms with Crippen LogP contribution >= 0.6 is 0 Å². The Kier molecular flexibility index (Phi) is 5.84. The number of nitrogens with zero attached hydrogens (tertiary/aromatic N) is 2. The van der Waals surface area contributed by atoms with Crippen LogP contribution < -0.4 is 5.32 Å². The molecular weight excluding hydrogens is 378 g/mol. The largest absolute Gasteiger partial charge is 0.341 e. The average molecular weight is 405 g/mol. The number of likely N-dealkylation sites (tertiary alicyclic amines) is 1. The molecule has 0 spiro atoms. The Morgan fingerprint density at radius 2 is 1.47 bits per heavy atom. The van der Waals surface area contributed by atoms with Gasteiger partial charge in [0.15, 0.2) is 5.54 Å². The molecule has 6 nitrogen and oxygen atoms in total. The molecule has 2 aromatic rings. The van der Waals surface area contributed by atoms with E-state index in [1.54, 1.807) is 4.90 Å². The Bertz CT molecular complexity index is 908. The predicted octanol–water partition coefficient (Wildman–Crippen LogP) is 3.08. The second-order valence-corrected chi connectivity index (χ2v) is 8.05. The van der Waals surface area contributed by atoms with Gasteiger partial charge in [0.05, 0.1) is 0 Å². The molecule has 0 saturated carbocycles. The smallest absolute Gasteiger partial charge is 0.325 e. The van der Waals surface area contributed by atoms with Gasteiger partial charge in [-0.1, -0.05) is 73.5 Å². The molecule has 6 heteroatoms. The summed E-state index contributed by atoms with van der Waals surface area (Å²) in [5.74, 6) is -0.533. The van der Waals surface area contributed by atoms with Gasteiger partial charge in [0.1, 0.15) is 6.54 Å². The Morgan fingerprint density at radius 1 is 0.867 bits per heavy atom. The second kappa shape index (κ2) is 8.69. The lowest BCUT2D eigenvalue weighted by Gasteiger charge is -2.28. The maximum Gasteiger partial charge on any atom is 0.325 e. The minimum Gasteiger partial charge on any atom is -0.341 e. The molecule has 0 aliphatic carbocycles. The van der Waals surface area contributed by atoms with Gasteiger partial charge in [-0.25, -0.2) is 4.79 Å². The topological polar surface area (TPSA) is 69.7 Å². The van der Waals surface area contributed by atoms with Gasteiger partial charge in [-0.05, 0) is 24.0 Å². The van der Waals surface area contributed by atoms with Crippen molar-refractivity contribution < 1.29 is 14.4 Å². The number of benzene rings is 2. The van der Waals surface area contributed by atoms with E-state index in [2.05, 4.69) is 5.32 Å². The van der Waals surface area contributed by atoms with Crippen LogP contribution in [0.2, 0.25) is 0 Å². The van der Waals surface area contributed by atoms with Gasteiger partial charge in [0, 0.05) is 19.5 Å². The molecule has 1 atom stereocenters. The van der Waals surface area contributed by atoms with Crippen molar-refractivity contribution in [3.05, 3.63) is 71.8 Å². The summed E-state index contributed by atoms with van der Waals surface area (Å²) in [6, 6.07) is 18.4. The van der Waals surface area contributed by atoms with Crippen LogP contribution in [0.3, 0.4) is 0 Å². The quantitative estimate of drug-likeness (QED) is 0.778. The Hall–Kier alpha value is -3.15. The molecule has 0 radical (unpaired) electrons. The SMILES string of the molecule is O=C(CN1C(=O)N[C@](Cc2ccccc2)(c2ccccc2)C1=O)N1CCCCCC1. The van der Waals surface area contributed by atoms with Gasteiger partial charge in [0.2, 0.25) is 5.91 Å². The molecule has 1 N–H and O–H groups in total. The van der Waals surface area contributed by atoms with E-state index in [0.717, 1.165) is 41.7 Å². The Balaban J connectivity index is 1.61. The van der Waals surface area contributed by atoms with Crippen molar-refractivity contribution in [2.45, 2.75) is 37.6 Å². The van der Waals surface area contributed by atoms with E-state index >= 15 is 0 Å². The standard InChI is InChI=1S/C24H27N3O3/c28-21(26-15-9-1-2-10-16-26)18-27-22(29)24(25-23(27)30,20-13-7-4-8-14-20)17-19-11-5-3-6-12-19/h3-8,11-14H,1-2,9-10,15-18H2,(H,25,30)/t24-/m1/s1. The number of amides is 4. The van der Waals surface area contributed by atoms with E-state index in [-0.39, 0.29) is 18.4 Å². The van der Waals surface area contributed by atoms with Gasteiger partial charge < -0.3 is 10.2 Å². The molecule has 30 heavy (non-hydrogen) atoms. The van der Waals surface area contributed by atoms with Gasteiger partial charge in [-0.2, -0.15) is 0 Å². The number of rotatable bonds is 5. The number of imide groups is 1. The lowest BCUT2D eigenvalue weighted by atomic mass is 9.83. The zero-order valence-electron chi connectivity index (χ0n) is 17.0. The van der Waals surface area contributed by atoms with Crippen molar-refractivity contribution in [3.63, 3.8) is 0 Å². The van der Waals surface area contributed by atoms with Crippen molar-refractivity contribution in [3.8, 4) is 0 Å². The maximum absolute atomic E-state index is 13.6. The minimum absolute atomic E-state index is 0.163. The van der Waals surface area contributed by atoms with Gasteiger partial charge in [-0.3, -0.25) is 14.5 Å². The fourth-order valence-corrected chi connectivity index (χ4v) is 4.37. The molecule has 2 heterocycles. The van der Waals surface area contributed by atoms with Crippen molar-refractivity contribution in [1.29, 1.82) is 0 Å². The first kappa shape index (κ1) is 20.1. The average Bonchev–Trinajstić information content (AvgIpc) is 2.96. The number of hydrogen-bond donors (Lipinski definition) is 1. The van der Waals surface area contributed by atoms with Crippen LogP contribution in [0, 0.1) is 0 Å². The van der Waals surface area contributed by atoms with Crippen LogP contribution in [-0.4, -0.2) is 47.3 Å². The molecule has 0 aromatic heterocycles. The summed E-state index contributed by atoms with van der Waals surface area (Å²) in [5.41, 5.74) is 0.450. The number of carbonyl (C=O) groups is 3. The maximum atomic E-state index is 13.6. The minimum atomic E-state index is -1.21. The monoisotopic (exact) mass is 405 g/mol. The van der Waals surface area contributed by atoms with Crippen LogP contribution in [-0.2, 0) is 21.5 Å². The summed E-state index contributed by atoms with van der Waals surface area (Å²) < 4.78 is 0. The molecule has 0 unspecified atom stereocenters. The molecule has 156 valence electrons. The zero-order chi connectivity index (χ0) is 21.0. The second-order valence-electron chi connectivity index (χ2n) is 8.05. The number of carbonyl (C=O) groups excluding carboxylic acids is 3. The van der Waals surface area contributed by atoms with Crippen LogP contribution in [0.25, 0.3) is 0 Å². The predicted molar refractivity (Wildman–Crippen MR) is 114 cm³/mol. The lowest BCUT2D eigenvalue weighted by Crippen LogP contribution is -2.47. The van der Waals surface area contributed by atoms with Crippen molar-refractivity contribution in [1.82, 2.24) is 15.1 Å². The molecule has 4 amide bonds. The highest BCUT2D eigenvalue weighted by atomic mass is 16.2. The summed E-state index contributed by atoms with van der Waals surface area (Å²) in [6.07, 6.45) is 4.49. The summed E-state index contributed by atoms with van der Waals surface area (Å²) in [6.45, 7) is 1.17. The molecular formula is C24H27N3O3. The van der Waals surface area contributed by atoms with E-state index < -0.39 is 11.6 Å². The van der Waals surface area contributed by atoms with E-state index in [4.69, 9.17) is 0 Å². The highest BCUT2D eigenvalue weighted by molar-refractivity contribution is 6.09. The lowest BCUT2D eigenvalue weighted by molar-refractivity contribution is -0.139. The zero-order valence-corrected chi connectivity index (χ0v) is 17.0. The van der Waals surface area contributed by atoms with Crippen LogP contribution in [0.4, 0.5) is 4.79 Å². The molecule has 2 fully saturated rings. The summed E-state index contributed by atoms with van der Waals surface area (Å²) in [7, 11) is 0. The third-order valence-corrected chi connectivity index (χ3v) is 6.01. The highest BCUT2D eigenvalue weighted by Gasteiger charge is 2.52. The fraction of sp³-hybridized carbons (Fsp3) is 0.375. The molecule has 2 aliphatic rings. The van der Waals surface area contributed by atoms with Crippen molar-refractivity contribution >= 4 is 17.8 Å². The Morgan fingerprint density at radius 3 is 2.10 bits per heavy atom. The molecule has 2 saturated heterocycles. The third kappa shape index (κ3) is 3.95. The van der Waals surface area contributed by atoms with E-state index in [1.165, 1.54) is 0 Å². The van der Waals surface area contributed by atoms with Crippen molar-refractivity contribution in [2.24, 2.45) is 0 Å². The van der Waals surface area contributed by atoms with E-state index in [0.29, 0.717) is 19.5 Å². The summed E-state index contributed by atoms with van der Waals surface area (Å²) >= 11 is 0. The highest BCUT2D eigenvalue weighted by Crippen LogP contribution is 2.33. The fourth-order valence-electron chi connectivity index (χ4n) is 4.37. The molecule has 0 bridgehead atoms. The van der Waals surface area contributed by atoms with E-state index in [1.807, 2.05) is 60.7 Å². The van der Waals surface area contributed by atoms with Crippen LogP contribution in [0.5, 0.6) is 0 Å². The molecule has 2 aliphatic heterocycles. The van der Waals surface area contributed by atoms with Crippen molar-refractivity contribution in [2.75, 3.05) is 19.6 Å². The van der Waals surface area contributed by atoms with E-state index in [9.17, 15) is 14.4 Å². The molecule has 4 rings (SSSR count).